The summed E-state index contributed by atoms with van der Waals surface area (Å²) in [4.78, 5) is 13.7. The molecule has 1 aromatic carbocycles. The first-order valence-corrected chi connectivity index (χ1v) is 7.31. The van der Waals surface area contributed by atoms with E-state index in [0.717, 1.165) is 13.6 Å². The van der Waals surface area contributed by atoms with Crippen LogP contribution in [0, 0.1) is 0 Å². The Bertz CT molecular complexity index is 479. The third-order valence-corrected chi connectivity index (χ3v) is 4.64. The highest BCUT2D eigenvalue weighted by molar-refractivity contribution is 9.11. The van der Waals surface area contributed by atoms with Gasteiger partial charge in [-0.25, -0.2) is 0 Å². The van der Waals surface area contributed by atoms with Gasteiger partial charge in [0.15, 0.2) is 5.78 Å². The third-order valence-electron chi connectivity index (χ3n) is 1.96. The summed E-state index contributed by atoms with van der Waals surface area (Å²) in [5.74, 6) is 0.682. The van der Waals surface area contributed by atoms with E-state index in [4.69, 9.17) is 0 Å². The van der Waals surface area contributed by atoms with Gasteiger partial charge in [0.2, 0.25) is 0 Å². The molecule has 1 nitrogen and oxygen atoms in total. The van der Waals surface area contributed by atoms with Gasteiger partial charge in [-0.3, -0.25) is 4.79 Å². The van der Waals surface area contributed by atoms with Crippen molar-refractivity contribution in [3.05, 3.63) is 51.1 Å². The minimum Gasteiger partial charge on any atom is -0.292 e. The fourth-order valence-corrected chi connectivity index (χ4v) is 3.42. The molecule has 0 aliphatic heterocycles. The zero-order valence-corrected chi connectivity index (χ0v) is 11.6. The molecule has 2 aromatic rings. The summed E-state index contributed by atoms with van der Waals surface area (Å²) in [6.45, 7) is 0. The zero-order valence-electron chi connectivity index (χ0n) is 8.35. The molecule has 2 rings (SSSR count). The summed E-state index contributed by atoms with van der Waals surface area (Å²) in [7, 11) is 0. The number of benzene rings is 1. The van der Waals surface area contributed by atoms with E-state index in [2.05, 4.69) is 15.9 Å². The maximum Gasteiger partial charge on any atom is 0.183 e. The van der Waals surface area contributed by atoms with Gasteiger partial charge in [0.25, 0.3) is 0 Å². The van der Waals surface area contributed by atoms with Crippen LogP contribution in [-0.4, -0.2) is 11.5 Å². The SMILES string of the molecule is O=C(CSc1ccccc1)c1ccc(Br)s1. The Hall–Kier alpha value is -0.580. The highest BCUT2D eigenvalue weighted by atomic mass is 79.9. The van der Waals surface area contributed by atoms with Gasteiger partial charge in [-0.05, 0) is 40.2 Å². The summed E-state index contributed by atoms with van der Waals surface area (Å²) in [5, 5.41) is 0. The van der Waals surface area contributed by atoms with E-state index in [1.807, 2.05) is 42.5 Å². The average Bonchev–Trinajstić information content (AvgIpc) is 2.74. The first kappa shape index (κ1) is 11.9. The molecule has 0 spiro atoms. The second-order valence-corrected chi connectivity index (χ2v) is 6.64. The highest BCUT2D eigenvalue weighted by Crippen LogP contribution is 2.25. The second kappa shape index (κ2) is 5.66. The Morgan fingerprint density at radius 3 is 2.56 bits per heavy atom. The number of halogens is 1. The lowest BCUT2D eigenvalue weighted by Crippen LogP contribution is -1.98. The Kier molecular flexibility index (Phi) is 4.21. The average molecular weight is 313 g/mol. The predicted octanol–water partition coefficient (Wildman–Crippen LogP) is 4.49. The van der Waals surface area contributed by atoms with Crippen LogP contribution in [-0.2, 0) is 0 Å². The lowest BCUT2D eigenvalue weighted by Gasteiger charge is -1.98. The molecule has 0 unspecified atom stereocenters. The normalized spacial score (nSPS) is 10.3. The summed E-state index contributed by atoms with van der Waals surface area (Å²) < 4.78 is 1.00. The highest BCUT2D eigenvalue weighted by Gasteiger charge is 2.08. The summed E-state index contributed by atoms with van der Waals surface area (Å²) in [6, 6.07) is 13.7. The molecule has 0 N–H and O–H groups in total. The lowest BCUT2D eigenvalue weighted by atomic mass is 10.3. The monoisotopic (exact) mass is 312 g/mol. The number of rotatable bonds is 4. The topological polar surface area (TPSA) is 17.1 Å². The zero-order chi connectivity index (χ0) is 11.4. The number of carbonyl (C=O) groups is 1. The van der Waals surface area contributed by atoms with Crippen LogP contribution in [0.3, 0.4) is 0 Å². The van der Waals surface area contributed by atoms with Crippen LogP contribution >= 0.6 is 39.0 Å². The Morgan fingerprint density at radius 1 is 1.19 bits per heavy atom. The van der Waals surface area contributed by atoms with Gasteiger partial charge in [-0.15, -0.1) is 23.1 Å². The molecule has 0 amide bonds. The molecule has 0 aliphatic rings. The van der Waals surface area contributed by atoms with Crippen molar-refractivity contribution in [1.82, 2.24) is 0 Å². The molecule has 0 aliphatic carbocycles. The van der Waals surface area contributed by atoms with Gasteiger partial charge >= 0.3 is 0 Å². The van der Waals surface area contributed by atoms with Crippen LogP contribution in [0.25, 0.3) is 0 Å². The van der Waals surface area contributed by atoms with E-state index in [1.54, 1.807) is 11.8 Å². The Balaban J connectivity index is 1.94. The van der Waals surface area contributed by atoms with Crippen LogP contribution in [0.4, 0.5) is 0 Å². The standard InChI is InChI=1S/C12H9BrOS2/c13-12-7-6-11(16-12)10(14)8-15-9-4-2-1-3-5-9/h1-7H,8H2. The van der Waals surface area contributed by atoms with Crippen molar-refractivity contribution in [1.29, 1.82) is 0 Å². The maximum atomic E-state index is 11.8. The Morgan fingerprint density at radius 2 is 1.94 bits per heavy atom. The van der Waals surface area contributed by atoms with Gasteiger partial charge in [0, 0.05) is 4.90 Å². The molecule has 0 atom stereocenters. The molecule has 0 saturated heterocycles. The molecule has 1 heterocycles. The smallest absolute Gasteiger partial charge is 0.183 e. The van der Waals surface area contributed by atoms with E-state index in [0.29, 0.717) is 5.75 Å². The van der Waals surface area contributed by atoms with Crippen LogP contribution in [0.5, 0.6) is 0 Å². The number of thioether (sulfide) groups is 1. The number of Topliss-reactive ketones (excluding diaryl/α,β-unsaturated/α-hetero) is 1. The molecule has 0 saturated carbocycles. The first-order valence-electron chi connectivity index (χ1n) is 4.72. The van der Waals surface area contributed by atoms with Crippen molar-refractivity contribution >= 4 is 44.8 Å². The van der Waals surface area contributed by atoms with Crippen molar-refractivity contribution in [2.24, 2.45) is 0 Å². The number of hydrogen-bond acceptors (Lipinski definition) is 3. The minimum absolute atomic E-state index is 0.185. The van der Waals surface area contributed by atoms with Crippen LogP contribution in [0.2, 0.25) is 0 Å². The van der Waals surface area contributed by atoms with Crippen LogP contribution < -0.4 is 0 Å². The fourth-order valence-electron chi connectivity index (χ4n) is 1.20. The van der Waals surface area contributed by atoms with Crippen molar-refractivity contribution in [3.8, 4) is 0 Å². The van der Waals surface area contributed by atoms with Gasteiger partial charge < -0.3 is 0 Å². The lowest BCUT2D eigenvalue weighted by molar-refractivity contribution is 0.102. The van der Waals surface area contributed by atoms with Crippen molar-refractivity contribution < 1.29 is 4.79 Å². The van der Waals surface area contributed by atoms with Crippen molar-refractivity contribution in [2.45, 2.75) is 4.90 Å². The van der Waals surface area contributed by atoms with E-state index in [1.165, 1.54) is 11.3 Å². The summed E-state index contributed by atoms with van der Waals surface area (Å²) in [6.07, 6.45) is 0. The summed E-state index contributed by atoms with van der Waals surface area (Å²) >= 11 is 6.42. The van der Waals surface area contributed by atoms with Gasteiger partial charge in [0.1, 0.15) is 0 Å². The number of hydrogen-bond donors (Lipinski definition) is 0. The molecule has 0 fully saturated rings. The molecule has 82 valence electrons. The Labute approximate surface area is 111 Å². The molecule has 0 bridgehead atoms. The maximum absolute atomic E-state index is 11.8. The number of thiophene rings is 1. The van der Waals surface area contributed by atoms with Gasteiger partial charge in [-0.2, -0.15) is 0 Å². The molecule has 1 aromatic heterocycles. The fraction of sp³-hybridized carbons (Fsp3) is 0.0833. The largest absolute Gasteiger partial charge is 0.292 e. The summed E-state index contributed by atoms with van der Waals surface area (Å²) in [5.41, 5.74) is 0. The van der Waals surface area contributed by atoms with Crippen LogP contribution in [0.15, 0.2) is 51.1 Å². The molecule has 0 radical (unpaired) electrons. The molecule has 16 heavy (non-hydrogen) atoms. The van der Waals surface area contributed by atoms with Gasteiger partial charge in [0.05, 0.1) is 14.4 Å². The predicted molar refractivity (Wildman–Crippen MR) is 73.5 cm³/mol. The van der Waals surface area contributed by atoms with Crippen molar-refractivity contribution in [2.75, 3.05) is 5.75 Å². The first-order chi connectivity index (χ1) is 7.75. The minimum atomic E-state index is 0.185. The third kappa shape index (κ3) is 3.20. The second-order valence-electron chi connectivity index (χ2n) is 3.13. The molecular weight excluding hydrogens is 304 g/mol. The number of ketones is 1. The molecule has 4 heteroatoms. The van der Waals surface area contributed by atoms with Crippen LogP contribution in [0.1, 0.15) is 9.67 Å². The van der Waals surface area contributed by atoms with E-state index >= 15 is 0 Å². The van der Waals surface area contributed by atoms with E-state index < -0.39 is 0 Å². The number of carbonyl (C=O) groups excluding carboxylic acids is 1. The quantitative estimate of drug-likeness (QED) is 0.611. The van der Waals surface area contributed by atoms with E-state index in [9.17, 15) is 4.79 Å². The van der Waals surface area contributed by atoms with Crippen molar-refractivity contribution in [3.63, 3.8) is 0 Å². The molecular formula is C12H9BrOS2. The van der Waals surface area contributed by atoms with Gasteiger partial charge in [-0.1, -0.05) is 18.2 Å². The van der Waals surface area contributed by atoms with E-state index in [-0.39, 0.29) is 5.78 Å².